The molecule has 0 radical (unpaired) electrons. The zero-order chi connectivity index (χ0) is 18.0. The van der Waals surface area contributed by atoms with Crippen molar-refractivity contribution in [2.45, 2.75) is 0 Å². The predicted molar refractivity (Wildman–Crippen MR) is 110 cm³/mol. The molecule has 6 aromatic rings. The molecule has 0 fully saturated rings. The van der Waals surface area contributed by atoms with Gasteiger partial charge in [0.05, 0.1) is 0 Å². The van der Waals surface area contributed by atoms with Gasteiger partial charge >= 0.3 is 0 Å². The summed E-state index contributed by atoms with van der Waals surface area (Å²) in [5.74, 6) is 0. The Hall–Kier alpha value is -3.18. The van der Waals surface area contributed by atoms with Gasteiger partial charge in [-0.1, -0.05) is 28.1 Å². The Labute approximate surface area is 161 Å². The number of hydrogen-bond acceptors (Lipinski definition) is 4. The number of pyridine rings is 2. The Morgan fingerprint density at radius 1 is 0.667 bits per heavy atom. The lowest BCUT2D eigenvalue weighted by Gasteiger charge is -2.02. The summed E-state index contributed by atoms with van der Waals surface area (Å²) in [7, 11) is 0. The third-order valence-corrected chi connectivity index (χ3v) is 5.36. The minimum atomic E-state index is 0.749. The lowest BCUT2D eigenvalue weighted by Crippen LogP contribution is -1.84. The lowest BCUT2D eigenvalue weighted by molar-refractivity contribution is 0.664. The summed E-state index contributed by atoms with van der Waals surface area (Å²) in [6.45, 7) is 0. The first-order valence-electron chi connectivity index (χ1n) is 8.53. The Morgan fingerprint density at radius 3 is 2.04 bits per heavy atom. The Balaban J connectivity index is 1.74. The van der Waals surface area contributed by atoms with Crippen molar-refractivity contribution in [3.63, 3.8) is 0 Å². The summed E-state index contributed by atoms with van der Waals surface area (Å²) in [6, 6.07) is 17.8. The summed E-state index contributed by atoms with van der Waals surface area (Å²) in [4.78, 5) is 9.10. The van der Waals surface area contributed by atoms with E-state index in [4.69, 9.17) is 8.83 Å². The molecule has 0 amide bonds. The molecule has 0 aliphatic rings. The number of furan rings is 2. The summed E-state index contributed by atoms with van der Waals surface area (Å²) < 4.78 is 13.3. The average Bonchev–Trinajstić information content (AvgIpc) is 3.26. The van der Waals surface area contributed by atoms with E-state index in [-0.39, 0.29) is 0 Å². The van der Waals surface area contributed by atoms with Gasteiger partial charge in [0.25, 0.3) is 0 Å². The van der Waals surface area contributed by atoms with Gasteiger partial charge in [-0.3, -0.25) is 9.97 Å². The second-order valence-corrected chi connectivity index (χ2v) is 7.33. The fraction of sp³-hybridized carbons (Fsp3) is 0. The van der Waals surface area contributed by atoms with E-state index >= 15 is 0 Å². The third-order valence-electron chi connectivity index (χ3n) is 4.86. The van der Waals surface area contributed by atoms with Crippen molar-refractivity contribution >= 4 is 60.1 Å². The Morgan fingerprint density at radius 2 is 1.30 bits per heavy atom. The normalized spacial score (nSPS) is 11.9. The quantitative estimate of drug-likeness (QED) is 0.300. The van der Waals surface area contributed by atoms with Gasteiger partial charge in [-0.25, -0.2) is 0 Å². The highest BCUT2D eigenvalue weighted by Gasteiger charge is 2.18. The third kappa shape index (κ3) is 2.09. The molecule has 0 saturated carbocycles. The van der Waals surface area contributed by atoms with Crippen LogP contribution >= 0.6 is 15.9 Å². The molecule has 0 aliphatic carbocycles. The minimum absolute atomic E-state index is 0.749. The number of rotatable bonds is 1. The predicted octanol–water partition coefficient (Wildman–Crippen LogP) is 6.70. The average molecular weight is 415 g/mol. The first-order valence-corrected chi connectivity index (χ1v) is 9.32. The highest BCUT2D eigenvalue weighted by atomic mass is 79.9. The van der Waals surface area contributed by atoms with Crippen molar-refractivity contribution in [3.05, 3.63) is 71.5 Å². The maximum Gasteiger partial charge on any atom is 0.161 e. The molecule has 0 atom stereocenters. The Kier molecular flexibility index (Phi) is 2.99. The molecule has 4 nitrogen and oxygen atoms in total. The van der Waals surface area contributed by atoms with E-state index in [1.54, 1.807) is 0 Å². The Bertz CT molecular complexity index is 1500. The molecule has 2 aromatic carbocycles. The number of hydrogen-bond donors (Lipinski definition) is 0. The molecule has 0 unspecified atom stereocenters. The van der Waals surface area contributed by atoms with E-state index in [0.29, 0.717) is 0 Å². The SMILES string of the molecule is Brc1ccc2oc3c(-c4ccnc5c4oc4ccccc45)ccnc3c2c1. The molecular weight excluding hydrogens is 404 g/mol. The van der Waals surface area contributed by atoms with Crippen molar-refractivity contribution in [1.29, 1.82) is 0 Å². The minimum Gasteiger partial charge on any atom is -0.454 e. The van der Waals surface area contributed by atoms with Crippen LogP contribution < -0.4 is 0 Å². The molecule has 0 aliphatic heterocycles. The number of aromatic nitrogens is 2. The van der Waals surface area contributed by atoms with Crippen LogP contribution in [-0.4, -0.2) is 9.97 Å². The number of fused-ring (bicyclic) bond motifs is 6. The second-order valence-electron chi connectivity index (χ2n) is 6.41. The van der Waals surface area contributed by atoms with Gasteiger partial charge in [-0.05, 0) is 42.5 Å². The van der Waals surface area contributed by atoms with Crippen molar-refractivity contribution < 1.29 is 8.83 Å². The van der Waals surface area contributed by atoms with Crippen LogP contribution in [0.5, 0.6) is 0 Å². The molecule has 0 bridgehead atoms. The zero-order valence-electron chi connectivity index (χ0n) is 13.9. The summed E-state index contributed by atoms with van der Waals surface area (Å²) in [6.07, 6.45) is 3.62. The smallest absolute Gasteiger partial charge is 0.161 e. The summed E-state index contributed by atoms with van der Waals surface area (Å²) in [5.41, 5.74) is 6.72. The maximum atomic E-state index is 6.17. The molecule has 4 aromatic heterocycles. The van der Waals surface area contributed by atoms with Crippen LogP contribution in [0, 0.1) is 0 Å². The fourth-order valence-corrected chi connectivity index (χ4v) is 4.02. The van der Waals surface area contributed by atoms with Gasteiger partial charge in [-0.15, -0.1) is 0 Å². The lowest BCUT2D eigenvalue weighted by atomic mass is 10.1. The van der Waals surface area contributed by atoms with Crippen LogP contribution in [0.4, 0.5) is 0 Å². The van der Waals surface area contributed by atoms with E-state index in [1.165, 1.54) is 0 Å². The highest BCUT2D eigenvalue weighted by molar-refractivity contribution is 9.10. The molecule has 6 rings (SSSR count). The molecule has 0 saturated heterocycles. The zero-order valence-corrected chi connectivity index (χ0v) is 15.5. The van der Waals surface area contributed by atoms with Gasteiger partial charge in [0.1, 0.15) is 22.2 Å². The monoisotopic (exact) mass is 414 g/mol. The molecule has 27 heavy (non-hydrogen) atoms. The van der Waals surface area contributed by atoms with Crippen LogP contribution in [0.15, 0.2) is 80.3 Å². The second kappa shape index (κ2) is 5.41. The van der Waals surface area contributed by atoms with Crippen LogP contribution in [0.3, 0.4) is 0 Å². The van der Waals surface area contributed by atoms with Gasteiger partial charge in [0.2, 0.25) is 0 Å². The molecule has 0 spiro atoms. The molecule has 5 heteroatoms. The van der Waals surface area contributed by atoms with Crippen LogP contribution in [0.25, 0.3) is 55.3 Å². The van der Waals surface area contributed by atoms with E-state index in [0.717, 1.165) is 59.7 Å². The van der Waals surface area contributed by atoms with Crippen LogP contribution in [0.2, 0.25) is 0 Å². The molecular formula is C22H11BrN2O2. The van der Waals surface area contributed by atoms with Gasteiger partial charge in [0.15, 0.2) is 11.2 Å². The standard InChI is InChI=1S/C22H11BrN2O2/c23-12-5-6-18-16(11-12)20-22(27-18)14(8-10-25-20)13-7-9-24-19-15-3-1-2-4-17(15)26-21(13)19/h1-11H. The van der Waals surface area contributed by atoms with E-state index < -0.39 is 0 Å². The van der Waals surface area contributed by atoms with Gasteiger partial charge in [0, 0.05) is 38.8 Å². The van der Waals surface area contributed by atoms with E-state index in [2.05, 4.69) is 25.9 Å². The number of para-hydroxylation sites is 1. The molecule has 0 N–H and O–H groups in total. The molecule has 128 valence electrons. The highest BCUT2D eigenvalue weighted by Crippen LogP contribution is 2.39. The van der Waals surface area contributed by atoms with Crippen molar-refractivity contribution in [3.8, 4) is 11.1 Å². The first kappa shape index (κ1) is 14.9. The number of halogens is 1. The topological polar surface area (TPSA) is 52.1 Å². The largest absolute Gasteiger partial charge is 0.454 e. The van der Waals surface area contributed by atoms with Gasteiger partial charge in [-0.2, -0.15) is 0 Å². The van der Waals surface area contributed by atoms with Crippen molar-refractivity contribution in [1.82, 2.24) is 9.97 Å². The van der Waals surface area contributed by atoms with Crippen LogP contribution in [-0.2, 0) is 0 Å². The van der Waals surface area contributed by atoms with Crippen molar-refractivity contribution in [2.24, 2.45) is 0 Å². The summed E-state index contributed by atoms with van der Waals surface area (Å²) in [5, 5.41) is 1.99. The number of benzene rings is 2. The fourth-order valence-electron chi connectivity index (χ4n) is 3.66. The maximum absolute atomic E-state index is 6.17. The van der Waals surface area contributed by atoms with E-state index in [9.17, 15) is 0 Å². The summed E-state index contributed by atoms with van der Waals surface area (Å²) >= 11 is 3.53. The van der Waals surface area contributed by atoms with E-state index in [1.807, 2.05) is 67.0 Å². The molecule has 4 heterocycles. The number of nitrogens with zero attached hydrogens (tertiary/aromatic N) is 2. The van der Waals surface area contributed by atoms with Crippen molar-refractivity contribution in [2.75, 3.05) is 0 Å². The first-order chi connectivity index (χ1) is 13.3. The van der Waals surface area contributed by atoms with Gasteiger partial charge < -0.3 is 8.83 Å². The van der Waals surface area contributed by atoms with Crippen LogP contribution in [0.1, 0.15) is 0 Å².